The van der Waals surface area contributed by atoms with Crippen molar-refractivity contribution in [1.29, 1.82) is 0 Å². The van der Waals surface area contributed by atoms with Crippen molar-refractivity contribution in [3.05, 3.63) is 59.6 Å². The number of pyridine rings is 3. The number of hydrogen-bond donors (Lipinski definition) is 2. The fourth-order valence-corrected chi connectivity index (χ4v) is 4.57. The lowest BCUT2D eigenvalue weighted by atomic mass is 10.1. The van der Waals surface area contributed by atoms with E-state index in [0.29, 0.717) is 28.9 Å². The molecule has 2 atom stereocenters. The number of piperazine rings is 1. The zero-order valence-corrected chi connectivity index (χ0v) is 19.1. The molecule has 33 heavy (non-hydrogen) atoms. The number of imidazole rings is 1. The molecule has 1 aliphatic rings. The van der Waals surface area contributed by atoms with Crippen LogP contribution in [0.3, 0.4) is 0 Å². The molecule has 1 aliphatic heterocycles. The van der Waals surface area contributed by atoms with Gasteiger partial charge in [0.1, 0.15) is 5.82 Å². The molecule has 0 radical (unpaired) electrons. The van der Waals surface area contributed by atoms with Crippen LogP contribution in [0.1, 0.15) is 35.6 Å². The summed E-state index contributed by atoms with van der Waals surface area (Å²) in [6.45, 7) is 9.60. The number of amides is 1. The minimum Gasteiger partial charge on any atom is -0.353 e. The van der Waals surface area contributed by atoms with E-state index in [1.807, 2.05) is 26.0 Å². The Labute approximate surface area is 190 Å². The van der Waals surface area contributed by atoms with Crippen molar-refractivity contribution in [3.63, 3.8) is 0 Å². The average molecular weight is 448 g/mol. The zero-order chi connectivity index (χ0) is 23.3. The summed E-state index contributed by atoms with van der Waals surface area (Å²) in [6, 6.07) is 5.70. The highest BCUT2D eigenvalue weighted by molar-refractivity contribution is 6.13. The molecule has 5 rings (SSSR count). The molecule has 0 saturated carbocycles. The van der Waals surface area contributed by atoms with Crippen molar-refractivity contribution in [2.24, 2.45) is 0 Å². The Hall–Kier alpha value is -3.59. The average Bonchev–Trinajstić information content (AvgIpc) is 3.06. The molecule has 8 nitrogen and oxygen atoms in total. The van der Waals surface area contributed by atoms with Gasteiger partial charge in [-0.15, -0.1) is 0 Å². The van der Waals surface area contributed by atoms with E-state index in [0.717, 1.165) is 35.7 Å². The number of nitrogens with zero attached hydrogens (tertiary/aromatic N) is 5. The summed E-state index contributed by atoms with van der Waals surface area (Å²) in [5.74, 6) is -0.0812. The van der Waals surface area contributed by atoms with Gasteiger partial charge < -0.3 is 15.5 Å². The Bertz CT molecular complexity index is 1370. The molecule has 0 bridgehead atoms. The second-order valence-corrected chi connectivity index (χ2v) is 8.78. The first kappa shape index (κ1) is 21.3. The molecule has 0 aliphatic carbocycles. The van der Waals surface area contributed by atoms with E-state index in [2.05, 4.69) is 44.3 Å². The van der Waals surface area contributed by atoms with Crippen molar-refractivity contribution in [1.82, 2.24) is 24.7 Å². The quantitative estimate of drug-likeness (QED) is 0.500. The second kappa shape index (κ2) is 8.08. The first-order chi connectivity index (χ1) is 15.8. The van der Waals surface area contributed by atoms with Crippen molar-refractivity contribution >= 4 is 34.0 Å². The van der Waals surface area contributed by atoms with Crippen LogP contribution in [0, 0.1) is 19.7 Å². The Kier molecular flexibility index (Phi) is 5.20. The molecule has 1 fully saturated rings. The summed E-state index contributed by atoms with van der Waals surface area (Å²) in [6.07, 6.45) is 4.89. The molecule has 0 aromatic carbocycles. The van der Waals surface area contributed by atoms with Gasteiger partial charge in [0.2, 0.25) is 0 Å². The van der Waals surface area contributed by atoms with Gasteiger partial charge in [0.15, 0.2) is 11.5 Å². The van der Waals surface area contributed by atoms with Gasteiger partial charge in [-0.1, -0.05) is 0 Å². The van der Waals surface area contributed by atoms with E-state index >= 15 is 0 Å². The largest absolute Gasteiger partial charge is 0.353 e. The molecule has 1 amide bonds. The standard InChI is InChI=1S/C24H26FN7O/c1-13-10-31(11-14(2)28-13)22-18-6-5-7-26-21(18)19(9-27-22)24(33)30-17-8-20(25)23-29-15(3)16(4)32(23)12-17/h5-9,12-14,28H,10-11H2,1-4H3,(H,30,33)/t13-,14+. The van der Waals surface area contributed by atoms with E-state index in [1.165, 1.54) is 6.07 Å². The van der Waals surface area contributed by atoms with Crippen LogP contribution in [-0.4, -0.2) is 50.4 Å². The van der Waals surface area contributed by atoms with E-state index < -0.39 is 11.7 Å². The van der Waals surface area contributed by atoms with Gasteiger partial charge >= 0.3 is 0 Å². The van der Waals surface area contributed by atoms with E-state index in [-0.39, 0.29) is 5.65 Å². The third-order valence-electron chi connectivity index (χ3n) is 6.13. The number of halogens is 1. The number of hydrogen-bond acceptors (Lipinski definition) is 6. The minimum absolute atomic E-state index is 0.237. The second-order valence-electron chi connectivity index (χ2n) is 8.78. The van der Waals surface area contributed by atoms with Crippen LogP contribution in [0.15, 0.2) is 36.8 Å². The number of aromatic nitrogens is 4. The van der Waals surface area contributed by atoms with Crippen molar-refractivity contribution in [2.45, 2.75) is 39.8 Å². The van der Waals surface area contributed by atoms with E-state index in [1.54, 1.807) is 23.0 Å². The van der Waals surface area contributed by atoms with E-state index in [9.17, 15) is 9.18 Å². The van der Waals surface area contributed by atoms with E-state index in [4.69, 9.17) is 0 Å². The fraction of sp³-hybridized carbons (Fsp3) is 0.333. The topological polar surface area (TPSA) is 87.5 Å². The molecule has 4 aromatic heterocycles. The maximum Gasteiger partial charge on any atom is 0.259 e. The summed E-state index contributed by atoms with van der Waals surface area (Å²) >= 11 is 0. The molecular formula is C24H26FN7O. The van der Waals surface area contributed by atoms with Crippen molar-refractivity contribution < 1.29 is 9.18 Å². The Morgan fingerprint density at radius 2 is 1.97 bits per heavy atom. The number of aryl methyl sites for hydroxylation is 2. The van der Waals surface area contributed by atoms with Gasteiger partial charge in [-0.3, -0.25) is 14.2 Å². The number of fused-ring (bicyclic) bond motifs is 2. The molecule has 0 spiro atoms. The highest BCUT2D eigenvalue weighted by atomic mass is 19.1. The number of nitrogens with one attached hydrogen (secondary N) is 2. The maximum atomic E-state index is 14.6. The minimum atomic E-state index is -0.498. The predicted molar refractivity (Wildman–Crippen MR) is 126 cm³/mol. The Balaban J connectivity index is 1.51. The number of rotatable bonds is 3. The molecule has 170 valence electrons. The van der Waals surface area contributed by atoms with Crippen LogP contribution >= 0.6 is 0 Å². The third kappa shape index (κ3) is 3.78. The number of carbonyl (C=O) groups is 1. The van der Waals surface area contributed by atoms with Crippen molar-refractivity contribution in [2.75, 3.05) is 23.3 Å². The Morgan fingerprint density at radius 1 is 1.21 bits per heavy atom. The Morgan fingerprint density at radius 3 is 2.73 bits per heavy atom. The molecular weight excluding hydrogens is 421 g/mol. The lowest BCUT2D eigenvalue weighted by Gasteiger charge is -2.37. The summed E-state index contributed by atoms with van der Waals surface area (Å²) in [5.41, 5.74) is 3.03. The summed E-state index contributed by atoms with van der Waals surface area (Å²) in [4.78, 5) is 28.8. The third-order valence-corrected chi connectivity index (χ3v) is 6.13. The molecule has 4 aromatic rings. The van der Waals surface area contributed by atoms with Gasteiger partial charge in [0.05, 0.1) is 22.5 Å². The van der Waals surface area contributed by atoms with Crippen LogP contribution < -0.4 is 15.5 Å². The van der Waals surface area contributed by atoms with Gasteiger partial charge in [0.25, 0.3) is 5.91 Å². The van der Waals surface area contributed by atoms with Gasteiger partial charge in [0, 0.05) is 60.9 Å². The molecule has 2 N–H and O–H groups in total. The molecule has 5 heterocycles. The zero-order valence-electron chi connectivity index (χ0n) is 19.1. The normalized spacial score (nSPS) is 18.8. The summed E-state index contributed by atoms with van der Waals surface area (Å²) in [5, 5.41) is 7.14. The maximum absolute atomic E-state index is 14.6. The molecule has 1 saturated heterocycles. The lowest BCUT2D eigenvalue weighted by molar-refractivity contribution is 0.102. The van der Waals surface area contributed by atoms with Gasteiger partial charge in [-0.05, 0) is 39.8 Å². The molecule has 9 heteroatoms. The first-order valence-corrected chi connectivity index (χ1v) is 11.0. The highest BCUT2D eigenvalue weighted by Gasteiger charge is 2.25. The molecule has 0 unspecified atom stereocenters. The first-order valence-electron chi connectivity index (χ1n) is 11.0. The fourth-order valence-electron chi connectivity index (χ4n) is 4.57. The van der Waals surface area contributed by atoms with Gasteiger partial charge in [-0.25, -0.2) is 14.4 Å². The number of anilines is 2. The smallest absolute Gasteiger partial charge is 0.259 e. The van der Waals surface area contributed by atoms with Crippen molar-refractivity contribution in [3.8, 4) is 0 Å². The summed E-state index contributed by atoms with van der Waals surface area (Å²) in [7, 11) is 0. The van der Waals surface area contributed by atoms with Crippen LogP contribution in [0.25, 0.3) is 16.6 Å². The summed E-state index contributed by atoms with van der Waals surface area (Å²) < 4.78 is 16.2. The monoisotopic (exact) mass is 447 g/mol. The van der Waals surface area contributed by atoms with Crippen LogP contribution in [0.4, 0.5) is 15.9 Å². The predicted octanol–water partition coefficient (Wildman–Crippen LogP) is 3.47. The van der Waals surface area contributed by atoms with Crippen LogP contribution in [-0.2, 0) is 0 Å². The van der Waals surface area contributed by atoms with Gasteiger partial charge in [-0.2, -0.15) is 0 Å². The SMILES string of the molecule is Cc1nc2c(F)cc(NC(=O)c3cnc(N4C[C@@H](C)N[C@@H](C)C4)c4cccnc34)cn2c1C. The highest BCUT2D eigenvalue weighted by Crippen LogP contribution is 2.28. The number of carbonyl (C=O) groups excluding carboxylic acids is 1. The van der Waals surface area contributed by atoms with Crippen LogP contribution in [0.2, 0.25) is 0 Å². The lowest BCUT2D eigenvalue weighted by Crippen LogP contribution is -2.54. The van der Waals surface area contributed by atoms with Crippen LogP contribution in [0.5, 0.6) is 0 Å².